The van der Waals surface area contributed by atoms with Crippen LogP contribution in [-0.2, 0) is 4.74 Å². The van der Waals surface area contributed by atoms with E-state index in [-0.39, 0.29) is 25.2 Å². The van der Waals surface area contributed by atoms with Crippen LogP contribution in [-0.4, -0.2) is 35.4 Å². The number of nitrogens with zero attached hydrogens (tertiary/aromatic N) is 1. The number of ether oxygens (including phenoxy) is 1. The van der Waals surface area contributed by atoms with Crippen LogP contribution in [0.2, 0.25) is 0 Å². The molecular formula is C18H21F2NO2. The summed E-state index contributed by atoms with van der Waals surface area (Å²) >= 11 is 0. The van der Waals surface area contributed by atoms with Crippen molar-refractivity contribution in [2.45, 2.75) is 51.4 Å². The highest BCUT2D eigenvalue weighted by Gasteiger charge is 2.33. The number of carbonyl (C=O) groups is 1. The van der Waals surface area contributed by atoms with E-state index in [2.05, 4.69) is 11.8 Å². The van der Waals surface area contributed by atoms with Gasteiger partial charge in [-0.2, -0.15) is 0 Å². The van der Waals surface area contributed by atoms with Crippen LogP contribution < -0.4 is 0 Å². The third-order valence-electron chi connectivity index (χ3n) is 3.39. The molecule has 2 rings (SSSR count). The highest BCUT2D eigenvalue weighted by molar-refractivity contribution is 5.69. The molecule has 2 unspecified atom stereocenters. The predicted molar refractivity (Wildman–Crippen MR) is 84.1 cm³/mol. The number of hydrogen-bond donors (Lipinski definition) is 0. The Kier molecular flexibility index (Phi) is 5.25. The van der Waals surface area contributed by atoms with Crippen LogP contribution in [0, 0.1) is 17.7 Å². The summed E-state index contributed by atoms with van der Waals surface area (Å²) < 4.78 is 31.9. The van der Waals surface area contributed by atoms with E-state index in [0.29, 0.717) is 5.56 Å². The molecule has 1 aromatic rings. The Hall–Kier alpha value is -2.09. The zero-order valence-corrected chi connectivity index (χ0v) is 13.6. The molecule has 3 nitrogen and oxygen atoms in total. The second-order valence-corrected chi connectivity index (χ2v) is 6.59. The number of rotatable bonds is 0. The fraction of sp³-hybridized carbons (Fsp3) is 0.500. The number of alkyl halides is 1. The Labute approximate surface area is 135 Å². The average Bonchev–Trinajstić information content (AvgIpc) is 2.45. The zero-order valence-electron chi connectivity index (χ0n) is 13.6. The Morgan fingerprint density at radius 2 is 1.96 bits per heavy atom. The number of hydrogen-bond acceptors (Lipinski definition) is 2. The molecule has 23 heavy (non-hydrogen) atoms. The van der Waals surface area contributed by atoms with E-state index in [1.165, 1.54) is 17.0 Å². The van der Waals surface area contributed by atoms with Crippen LogP contribution in [0.3, 0.4) is 0 Å². The molecule has 5 heteroatoms. The topological polar surface area (TPSA) is 29.5 Å². The van der Waals surface area contributed by atoms with E-state index in [4.69, 9.17) is 4.74 Å². The third kappa shape index (κ3) is 5.24. The van der Waals surface area contributed by atoms with Crippen molar-refractivity contribution in [1.29, 1.82) is 0 Å². The van der Waals surface area contributed by atoms with Gasteiger partial charge in [-0.05, 0) is 51.5 Å². The normalized spacial score (nSPS) is 21.3. The van der Waals surface area contributed by atoms with Crippen molar-refractivity contribution >= 4 is 6.09 Å². The fourth-order valence-electron chi connectivity index (χ4n) is 2.30. The summed E-state index contributed by atoms with van der Waals surface area (Å²) in [5.41, 5.74) is 0.00926. The van der Waals surface area contributed by atoms with Gasteiger partial charge in [-0.15, -0.1) is 0 Å². The lowest BCUT2D eigenvalue weighted by Crippen LogP contribution is -2.48. The fourth-order valence-corrected chi connectivity index (χ4v) is 2.30. The van der Waals surface area contributed by atoms with Crippen LogP contribution in [0.4, 0.5) is 13.6 Å². The quantitative estimate of drug-likeness (QED) is 0.678. The molecule has 1 aliphatic heterocycles. The van der Waals surface area contributed by atoms with Crippen LogP contribution >= 0.6 is 0 Å². The Bertz CT molecular complexity index is 611. The Morgan fingerprint density at radius 1 is 1.30 bits per heavy atom. The molecule has 1 amide bonds. The molecule has 0 saturated carbocycles. The van der Waals surface area contributed by atoms with Gasteiger partial charge in [0.05, 0.1) is 6.04 Å². The Balaban J connectivity index is 2.15. The molecule has 0 aliphatic carbocycles. The van der Waals surface area contributed by atoms with Crippen molar-refractivity contribution < 1.29 is 18.3 Å². The molecule has 1 fully saturated rings. The maximum absolute atomic E-state index is 13.7. The maximum Gasteiger partial charge on any atom is 0.411 e. The SMILES string of the molecule is CC(C)(C)OC(=O)N1CCC(F)CC1C#Cc1ccc(F)cc1. The molecule has 0 radical (unpaired) electrons. The summed E-state index contributed by atoms with van der Waals surface area (Å²) in [6.45, 7) is 5.63. The first kappa shape index (κ1) is 17.3. The van der Waals surface area contributed by atoms with E-state index in [1.54, 1.807) is 32.9 Å². The highest BCUT2D eigenvalue weighted by atomic mass is 19.1. The lowest BCUT2D eigenvalue weighted by molar-refractivity contribution is 0.00960. The van der Waals surface area contributed by atoms with E-state index in [0.717, 1.165) is 0 Å². The Morgan fingerprint density at radius 3 is 2.57 bits per heavy atom. The minimum atomic E-state index is -0.985. The van der Waals surface area contributed by atoms with E-state index < -0.39 is 23.9 Å². The first-order chi connectivity index (χ1) is 10.7. The van der Waals surface area contributed by atoms with Gasteiger partial charge in [-0.3, -0.25) is 4.90 Å². The summed E-state index contributed by atoms with van der Waals surface area (Å²) in [6.07, 6.45) is -1.02. The predicted octanol–water partition coefficient (Wildman–Crippen LogP) is 3.91. The van der Waals surface area contributed by atoms with Crippen LogP contribution in [0.15, 0.2) is 24.3 Å². The second kappa shape index (κ2) is 6.99. The number of piperidine rings is 1. The second-order valence-electron chi connectivity index (χ2n) is 6.59. The zero-order chi connectivity index (χ0) is 17.0. The van der Waals surface area contributed by atoms with Crippen molar-refractivity contribution in [1.82, 2.24) is 4.90 Å². The molecule has 0 spiro atoms. The first-order valence-corrected chi connectivity index (χ1v) is 7.65. The number of amides is 1. The molecule has 2 atom stereocenters. The lowest BCUT2D eigenvalue weighted by atomic mass is 10.0. The van der Waals surface area contributed by atoms with E-state index in [9.17, 15) is 13.6 Å². The van der Waals surface area contributed by atoms with E-state index >= 15 is 0 Å². The summed E-state index contributed by atoms with van der Waals surface area (Å²) in [7, 11) is 0. The van der Waals surface area contributed by atoms with Gasteiger partial charge in [0, 0.05) is 18.5 Å². The molecule has 1 aromatic carbocycles. The molecular weight excluding hydrogens is 300 g/mol. The van der Waals surface area contributed by atoms with Crippen molar-refractivity contribution in [3.05, 3.63) is 35.6 Å². The van der Waals surface area contributed by atoms with Gasteiger partial charge < -0.3 is 4.74 Å². The van der Waals surface area contributed by atoms with Gasteiger partial charge in [0.25, 0.3) is 0 Å². The monoisotopic (exact) mass is 321 g/mol. The molecule has 1 saturated heterocycles. The highest BCUT2D eigenvalue weighted by Crippen LogP contribution is 2.22. The van der Waals surface area contributed by atoms with Gasteiger partial charge in [0.2, 0.25) is 0 Å². The van der Waals surface area contributed by atoms with Crippen LogP contribution in [0.25, 0.3) is 0 Å². The summed E-state index contributed by atoms with van der Waals surface area (Å²) in [5, 5.41) is 0. The van der Waals surface area contributed by atoms with Gasteiger partial charge in [0.15, 0.2) is 0 Å². The lowest BCUT2D eigenvalue weighted by Gasteiger charge is -2.35. The molecule has 0 aromatic heterocycles. The van der Waals surface area contributed by atoms with E-state index in [1.807, 2.05) is 0 Å². The summed E-state index contributed by atoms with van der Waals surface area (Å²) in [6, 6.07) is 5.19. The number of halogens is 2. The smallest absolute Gasteiger partial charge is 0.411 e. The van der Waals surface area contributed by atoms with Gasteiger partial charge in [0.1, 0.15) is 17.6 Å². The molecule has 1 heterocycles. The molecule has 0 bridgehead atoms. The molecule has 0 N–H and O–H groups in total. The van der Waals surface area contributed by atoms with Crippen LogP contribution in [0.5, 0.6) is 0 Å². The minimum Gasteiger partial charge on any atom is -0.444 e. The third-order valence-corrected chi connectivity index (χ3v) is 3.39. The van der Waals surface area contributed by atoms with Gasteiger partial charge in [-0.25, -0.2) is 13.6 Å². The first-order valence-electron chi connectivity index (χ1n) is 7.65. The molecule has 124 valence electrons. The molecule has 1 aliphatic rings. The number of likely N-dealkylation sites (tertiary alicyclic amines) is 1. The largest absolute Gasteiger partial charge is 0.444 e. The number of benzene rings is 1. The van der Waals surface area contributed by atoms with Crippen molar-refractivity contribution in [2.24, 2.45) is 0 Å². The standard InChI is InChI=1S/C18H21F2NO2/c1-18(2,3)23-17(22)21-11-10-15(20)12-16(21)9-6-13-4-7-14(19)8-5-13/h4-5,7-8,15-16H,10-12H2,1-3H3. The van der Waals surface area contributed by atoms with Gasteiger partial charge in [-0.1, -0.05) is 11.8 Å². The number of carbonyl (C=O) groups excluding carboxylic acids is 1. The van der Waals surface area contributed by atoms with Crippen LogP contribution in [0.1, 0.15) is 39.2 Å². The maximum atomic E-state index is 13.7. The summed E-state index contributed by atoms with van der Waals surface area (Å²) in [5.74, 6) is 5.45. The summed E-state index contributed by atoms with van der Waals surface area (Å²) in [4.78, 5) is 13.7. The average molecular weight is 321 g/mol. The minimum absolute atomic E-state index is 0.160. The van der Waals surface area contributed by atoms with Crippen molar-refractivity contribution in [3.63, 3.8) is 0 Å². The van der Waals surface area contributed by atoms with Crippen molar-refractivity contribution in [3.8, 4) is 11.8 Å². The van der Waals surface area contributed by atoms with Crippen molar-refractivity contribution in [2.75, 3.05) is 6.54 Å². The van der Waals surface area contributed by atoms with Gasteiger partial charge >= 0.3 is 6.09 Å².